The van der Waals surface area contributed by atoms with Gasteiger partial charge in [0.2, 0.25) is 11.3 Å². The molecule has 0 aromatic rings. The van der Waals surface area contributed by atoms with Gasteiger partial charge < -0.3 is 78.6 Å². The number of hydrogen-bond donors (Lipinski definition) is 7. The number of alkyl carbamates (subject to hydrolysis) is 1. The van der Waals surface area contributed by atoms with Gasteiger partial charge in [0.1, 0.15) is 29.1 Å². The maximum absolute atomic E-state index is 15.3. The lowest BCUT2D eigenvalue weighted by Gasteiger charge is -2.56. The Kier molecular flexibility index (Phi) is 18.5. The number of amides is 1. The van der Waals surface area contributed by atoms with Gasteiger partial charge in [-0.3, -0.25) is 14.9 Å². The number of nitrogens with one attached hydrogen (secondary N) is 1. The molecule has 26 atom stereocenters. The van der Waals surface area contributed by atoms with Crippen molar-refractivity contribution in [1.82, 2.24) is 5.32 Å². The Labute approximate surface area is 486 Å². The molecule has 22 heteroatoms. The van der Waals surface area contributed by atoms with Crippen LogP contribution in [0.1, 0.15) is 127 Å². The molecule has 0 radical (unpaired) electrons. The standard InChI is InChI=1S/C61H90N2O20/c1-28-13-16-42(81-47-26-58(9,63(73)74)52(35(8)79-47)62-57(71)76-12)29(2)19-36-22-37(27-64)32(5)61(24-36)55(69)48(56(70)83-61)54(68)59(10)40(28)15-14-39-49(59)30(3)21-44(50(39)66)80-38-20-31(4)53(67)60(72,25-38)45-23-41(65)51(34(7)77-45)82-46-18-17-43(75-11)33(6)78-46/h13-15,19,22,30-36,38-47,49-53,64-68,72H,16-18,20-21,23-27H2,1-12H3,(H,62,71)/b28-13+,29-19+,54-48?/t30-,31-,32-,33-,34-,35+,36?,38+,39?,40?,41+,42-,43+,44-,45?,46-,47-,49?,50+,51+,52-,53-,58-,59+,60-,61?/m0/s1. The zero-order valence-corrected chi connectivity index (χ0v) is 50.0. The first-order valence-electron chi connectivity index (χ1n) is 29.8. The minimum atomic E-state index is -1.86. The lowest BCUT2D eigenvalue weighted by molar-refractivity contribution is -0.584. The molecule has 0 aromatic heterocycles. The van der Waals surface area contributed by atoms with Crippen LogP contribution >= 0.6 is 0 Å². The van der Waals surface area contributed by atoms with Crippen molar-refractivity contribution >= 4 is 17.8 Å². The Morgan fingerprint density at radius 1 is 0.843 bits per heavy atom. The van der Waals surface area contributed by atoms with E-state index in [9.17, 15) is 50.3 Å². The third-order valence-electron chi connectivity index (χ3n) is 21.0. The van der Waals surface area contributed by atoms with Crippen LogP contribution in [0.25, 0.3) is 0 Å². The summed E-state index contributed by atoms with van der Waals surface area (Å²) in [7, 11) is 2.80. The van der Waals surface area contributed by atoms with Gasteiger partial charge in [-0.25, -0.2) is 9.59 Å². The molecule has 1 spiro atoms. The number of aliphatic hydroxyl groups is 6. The number of allylic oxidation sites excluding steroid dienone is 5. The van der Waals surface area contributed by atoms with Crippen molar-refractivity contribution in [2.45, 2.75) is 236 Å². The summed E-state index contributed by atoms with van der Waals surface area (Å²) in [6, 6.07) is -1.08. The first-order valence-corrected chi connectivity index (χ1v) is 29.8. The Bertz CT molecular complexity index is 2610. The van der Waals surface area contributed by atoms with Gasteiger partial charge in [-0.15, -0.1) is 0 Å². The van der Waals surface area contributed by atoms with Crippen LogP contribution in [0.2, 0.25) is 0 Å². The summed E-state index contributed by atoms with van der Waals surface area (Å²) in [5.74, 6) is -6.44. The average Bonchev–Trinajstić information content (AvgIpc) is 2.00. The topological polar surface area (TPSA) is 311 Å². The number of nitrogens with zero attached hydrogens (tertiary/aromatic N) is 1. The number of Topliss-reactive ketones (excluding diaryl/α,β-unsaturated/α-hetero) is 1. The summed E-state index contributed by atoms with van der Waals surface area (Å²) in [4.78, 5) is 54.6. The number of carbonyl (C=O) groups excluding carboxylic acids is 3. The number of esters is 1. The maximum atomic E-state index is 15.3. The van der Waals surface area contributed by atoms with Crippen molar-refractivity contribution < 1.29 is 92.6 Å². The van der Waals surface area contributed by atoms with Crippen LogP contribution in [0.4, 0.5) is 4.79 Å². The molecule has 4 saturated heterocycles. The number of carbonyl (C=O) groups is 3. The van der Waals surface area contributed by atoms with Crippen molar-refractivity contribution in [3.05, 3.63) is 68.5 Å². The quantitative estimate of drug-likeness (QED) is 0.0449. The molecule has 2 saturated carbocycles. The molecule has 4 heterocycles. The summed E-state index contributed by atoms with van der Waals surface area (Å²) >= 11 is 0. The van der Waals surface area contributed by atoms with E-state index in [0.29, 0.717) is 30.4 Å². The first kappa shape index (κ1) is 63.3. The SMILES string of the molecule is COC(=O)N[C@H]1[C@@H](C)O[C@@H](O[C@H]2C/C=C(\C)C3C=CC4C([C@@H](C)C[C@H](O[C@@H]5C[C@H](C)[C@H](O)[C@@](O)(C6C[C@@H](O)[C@H](O[C@H]7CC[C@@H](OC)[C@H](C)O7)[C@H](C)O6)C5)[C@@H]4O)[C@]3(C)C(O)=C3C(=O)OC4(CC(C=C(CO)[C@@H]4C)/C=C/2C)C3=O)C[C@]1(C)[N+](=O)[O-]. The van der Waals surface area contributed by atoms with Crippen LogP contribution in [0.5, 0.6) is 0 Å². The van der Waals surface area contributed by atoms with Crippen molar-refractivity contribution in [2.75, 3.05) is 20.8 Å². The largest absolute Gasteiger partial charge is 0.511 e. The highest BCUT2D eigenvalue weighted by Gasteiger charge is 2.65. The van der Waals surface area contributed by atoms with Crippen molar-refractivity contribution in [3.8, 4) is 0 Å². The molecule has 3 bridgehead atoms. The minimum Gasteiger partial charge on any atom is -0.511 e. The fourth-order valence-corrected chi connectivity index (χ4v) is 16.3. The van der Waals surface area contributed by atoms with Gasteiger partial charge in [-0.1, -0.05) is 63.6 Å². The molecule has 6 fully saturated rings. The Morgan fingerprint density at radius 3 is 2.20 bits per heavy atom. The highest BCUT2D eigenvalue weighted by atomic mass is 16.7. The fourth-order valence-electron chi connectivity index (χ4n) is 16.3. The van der Waals surface area contributed by atoms with Gasteiger partial charge in [0, 0.05) is 67.8 Å². The summed E-state index contributed by atoms with van der Waals surface area (Å²) in [5.41, 5.74) is -5.52. The minimum absolute atomic E-state index is 0.0337. The normalized spacial score (nSPS) is 48.9. The molecule has 9 rings (SSSR count). The smallest absolute Gasteiger partial charge is 0.407 e. The van der Waals surface area contributed by atoms with Crippen LogP contribution in [0, 0.1) is 57.0 Å². The number of methoxy groups -OCH3 is 2. The Morgan fingerprint density at radius 2 is 1.55 bits per heavy atom. The molecule has 22 nitrogen and oxygen atoms in total. The Balaban J connectivity index is 1.01. The Hall–Kier alpha value is -4.17. The van der Waals surface area contributed by atoms with Crippen LogP contribution < -0.4 is 5.32 Å². The van der Waals surface area contributed by atoms with Crippen molar-refractivity contribution in [3.63, 3.8) is 0 Å². The molecular weight excluding hydrogens is 1080 g/mol. The van der Waals surface area contributed by atoms with E-state index in [0.717, 1.165) is 12.7 Å². The zero-order valence-electron chi connectivity index (χ0n) is 50.0. The van der Waals surface area contributed by atoms with Gasteiger partial charge in [0.05, 0.1) is 87.3 Å². The molecule has 7 N–H and O–H groups in total. The van der Waals surface area contributed by atoms with E-state index in [1.54, 1.807) is 34.8 Å². The van der Waals surface area contributed by atoms with Gasteiger partial charge >= 0.3 is 12.1 Å². The highest BCUT2D eigenvalue weighted by molar-refractivity contribution is 6.26. The van der Waals surface area contributed by atoms with Crippen LogP contribution in [-0.2, 0) is 52.2 Å². The molecule has 9 aliphatic rings. The van der Waals surface area contributed by atoms with E-state index in [1.807, 2.05) is 65.0 Å². The third kappa shape index (κ3) is 11.3. The lowest BCUT2D eigenvalue weighted by Crippen LogP contribution is -2.65. The highest BCUT2D eigenvalue weighted by Crippen LogP contribution is 2.60. The second kappa shape index (κ2) is 24.2. The van der Waals surface area contributed by atoms with Crippen LogP contribution in [0.3, 0.4) is 0 Å². The van der Waals surface area contributed by atoms with E-state index in [-0.39, 0.29) is 56.7 Å². The number of fused-ring (bicyclic) bond motifs is 5. The third-order valence-corrected chi connectivity index (χ3v) is 21.0. The zero-order chi connectivity index (χ0) is 60.6. The van der Waals surface area contributed by atoms with Crippen LogP contribution in [0.15, 0.2) is 58.4 Å². The lowest BCUT2D eigenvalue weighted by atomic mass is 9.50. The number of nitro groups is 1. The summed E-state index contributed by atoms with van der Waals surface area (Å²) in [5, 5.41) is 87.8. The fraction of sp³-hybridized carbons (Fsp3) is 0.787. The maximum Gasteiger partial charge on any atom is 0.407 e. The molecule has 6 unspecified atom stereocenters. The van der Waals surface area contributed by atoms with Crippen LogP contribution in [-0.4, -0.2) is 183 Å². The predicted molar refractivity (Wildman–Crippen MR) is 296 cm³/mol. The number of ketones is 1. The molecule has 4 aliphatic heterocycles. The number of aliphatic hydroxyl groups excluding tert-OH is 5. The van der Waals surface area contributed by atoms with E-state index < -0.39 is 178 Å². The van der Waals surface area contributed by atoms with E-state index in [1.165, 1.54) is 6.92 Å². The van der Waals surface area contributed by atoms with Crippen molar-refractivity contribution in [1.29, 1.82) is 0 Å². The van der Waals surface area contributed by atoms with E-state index in [2.05, 4.69) is 5.32 Å². The molecule has 83 heavy (non-hydrogen) atoms. The second-order valence-corrected chi connectivity index (χ2v) is 26.2. The molecular formula is C61H90N2O20. The molecule has 464 valence electrons. The van der Waals surface area contributed by atoms with Gasteiger partial charge in [-0.05, 0) is 95.1 Å². The first-order chi connectivity index (χ1) is 39.1. The number of ether oxygens (including phenoxy) is 9. The van der Waals surface area contributed by atoms with Gasteiger partial charge in [-0.2, -0.15) is 0 Å². The van der Waals surface area contributed by atoms with Gasteiger partial charge in [0.25, 0.3) is 0 Å². The number of rotatable bonds is 11. The van der Waals surface area contributed by atoms with E-state index >= 15 is 4.79 Å². The average molecular weight is 1170 g/mol. The van der Waals surface area contributed by atoms with Gasteiger partial charge in [0.15, 0.2) is 18.2 Å². The van der Waals surface area contributed by atoms with Crippen molar-refractivity contribution in [2.24, 2.45) is 46.8 Å². The second-order valence-electron chi connectivity index (χ2n) is 26.2. The summed E-state index contributed by atoms with van der Waals surface area (Å²) < 4.78 is 55.2. The van der Waals surface area contributed by atoms with E-state index in [4.69, 9.17) is 42.6 Å². The molecule has 0 aromatic carbocycles. The monoisotopic (exact) mass is 1170 g/mol. The number of hydrogen-bond acceptors (Lipinski definition) is 20. The summed E-state index contributed by atoms with van der Waals surface area (Å²) in [6.07, 6.45) is -0.909. The predicted octanol–water partition coefficient (Wildman–Crippen LogP) is 5.38. The molecule has 5 aliphatic carbocycles. The molecule has 1 amide bonds. The summed E-state index contributed by atoms with van der Waals surface area (Å²) in [6.45, 7) is 17.3.